The van der Waals surface area contributed by atoms with Crippen LogP contribution in [-0.4, -0.2) is 64.7 Å². The number of amides is 2. The molecular weight excluding hydrogens is 464 g/mol. The third kappa shape index (κ3) is 4.78. The second-order valence-corrected chi connectivity index (χ2v) is 9.48. The molecule has 1 aliphatic carbocycles. The Morgan fingerprint density at radius 1 is 0.886 bits per heavy atom. The Hall–Kier alpha value is -3.32. The number of hydrogen-bond donors (Lipinski definition) is 0. The van der Waals surface area contributed by atoms with Crippen LogP contribution < -0.4 is 4.74 Å². The van der Waals surface area contributed by atoms with Crippen molar-refractivity contribution in [2.45, 2.75) is 32.1 Å². The van der Waals surface area contributed by atoms with Crippen LogP contribution in [0.15, 0.2) is 48.5 Å². The zero-order valence-corrected chi connectivity index (χ0v) is 20.6. The van der Waals surface area contributed by atoms with Gasteiger partial charge in [-0.25, -0.2) is 4.68 Å². The fourth-order valence-electron chi connectivity index (χ4n) is 4.94. The van der Waals surface area contributed by atoms with E-state index in [4.69, 9.17) is 21.4 Å². The van der Waals surface area contributed by atoms with Crippen molar-refractivity contribution in [2.75, 3.05) is 33.3 Å². The minimum absolute atomic E-state index is 0.0446. The summed E-state index contributed by atoms with van der Waals surface area (Å²) in [5, 5.41) is 5.49. The topological polar surface area (TPSA) is 67.7 Å². The van der Waals surface area contributed by atoms with Gasteiger partial charge in [0.15, 0.2) is 5.69 Å². The number of rotatable bonds is 4. The number of piperazine rings is 1. The van der Waals surface area contributed by atoms with Gasteiger partial charge in [0.05, 0.1) is 12.8 Å². The molecule has 0 radical (unpaired) electrons. The molecular formula is C27H29ClN4O3. The van der Waals surface area contributed by atoms with Gasteiger partial charge in [-0.2, -0.15) is 5.10 Å². The molecule has 1 saturated heterocycles. The van der Waals surface area contributed by atoms with Crippen LogP contribution in [0.3, 0.4) is 0 Å². The maximum Gasteiger partial charge on any atom is 0.274 e. The van der Waals surface area contributed by atoms with Crippen LogP contribution >= 0.6 is 11.6 Å². The first-order valence-electron chi connectivity index (χ1n) is 12.1. The molecule has 0 N–H and O–H groups in total. The van der Waals surface area contributed by atoms with Crippen LogP contribution in [0.5, 0.6) is 5.75 Å². The fourth-order valence-corrected chi connectivity index (χ4v) is 5.07. The molecule has 2 aromatic carbocycles. The Labute approximate surface area is 210 Å². The van der Waals surface area contributed by atoms with Crippen LogP contribution in [0, 0.1) is 0 Å². The van der Waals surface area contributed by atoms with E-state index >= 15 is 0 Å². The van der Waals surface area contributed by atoms with Crippen molar-refractivity contribution in [1.29, 1.82) is 0 Å². The molecule has 1 aliphatic heterocycles. The first-order chi connectivity index (χ1) is 17.0. The van der Waals surface area contributed by atoms with Crippen LogP contribution in [0.1, 0.15) is 51.4 Å². The highest BCUT2D eigenvalue weighted by Gasteiger charge is 2.31. The number of halogens is 1. The summed E-state index contributed by atoms with van der Waals surface area (Å²) in [6.07, 6.45) is 5.06. The van der Waals surface area contributed by atoms with Gasteiger partial charge < -0.3 is 14.5 Å². The second kappa shape index (κ2) is 10.1. The molecule has 2 aliphatic rings. The predicted molar refractivity (Wildman–Crippen MR) is 135 cm³/mol. The van der Waals surface area contributed by atoms with Gasteiger partial charge in [0, 0.05) is 48.0 Å². The summed E-state index contributed by atoms with van der Waals surface area (Å²) in [7, 11) is 1.59. The van der Waals surface area contributed by atoms with Gasteiger partial charge in [0.1, 0.15) is 5.75 Å². The second-order valence-electron chi connectivity index (χ2n) is 9.04. The van der Waals surface area contributed by atoms with E-state index in [1.807, 2.05) is 46.0 Å². The van der Waals surface area contributed by atoms with E-state index in [0.29, 0.717) is 48.2 Å². The molecule has 5 rings (SSSR count). The predicted octanol–water partition coefficient (Wildman–Crippen LogP) is 4.40. The Balaban J connectivity index is 1.34. The number of fused-ring (bicyclic) bond motifs is 1. The molecule has 1 aromatic heterocycles. The van der Waals surface area contributed by atoms with Crippen LogP contribution in [0.4, 0.5) is 0 Å². The van der Waals surface area contributed by atoms with Crippen molar-refractivity contribution in [3.63, 3.8) is 0 Å². The standard InChI is InChI=1S/C27H29ClN4O3/c1-35-22-7-5-6-19(18-22)26(33)30-14-16-31(17-15-30)27(34)25-23-8-3-2-4-9-24(23)32(29-25)21-12-10-20(28)11-13-21/h5-7,10-13,18H,2-4,8-9,14-17H2,1H3. The van der Waals surface area contributed by atoms with Crippen LogP contribution in [0.2, 0.25) is 5.02 Å². The highest BCUT2D eigenvalue weighted by atomic mass is 35.5. The van der Waals surface area contributed by atoms with Gasteiger partial charge in [0.2, 0.25) is 0 Å². The van der Waals surface area contributed by atoms with Gasteiger partial charge in [-0.15, -0.1) is 0 Å². The summed E-state index contributed by atoms with van der Waals surface area (Å²) in [6, 6.07) is 14.8. The first-order valence-corrected chi connectivity index (χ1v) is 12.5. The highest BCUT2D eigenvalue weighted by Crippen LogP contribution is 2.28. The van der Waals surface area contributed by atoms with Gasteiger partial charge in [-0.1, -0.05) is 24.1 Å². The van der Waals surface area contributed by atoms with Gasteiger partial charge in [0.25, 0.3) is 11.8 Å². The summed E-state index contributed by atoms with van der Waals surface area (Å²) in [5.74, 6) is 0.558. The maximum absolute atomic E-state index is 13.6. The summed E-state index contributed by atoms with van der Waals surface area (Å²) in [4.78, 5) is 30.2. The van der Waals surface area contributed by atoms with Crippen LogP contribution in [-0.2, 0) is 12.8 Å². The molecule has 7 nitrogen and oxygen atoms in total. The summed E-state index contributed by atoms with van der Waals surface area (Å²) >= 11 is 6.09. The van der Waals surface area contributed by atoms with Crippen molar-refractivity contribution in [2.24, 2.45) is 0 Å². The SMILES string of the molecule is COc1cccc(C(=O)N2CCN(C(=O)c3nn(-c4ccc(Cl)cc4)c4c3CCCCC4)CC2)c1. The smallest absolute Gasteiger partial charge is 0.274 e. The van der Waals surface area contributed by atoms with E-state index in [1.54, 1.807) is 24.1 Å². The van der Waals surface area contributed by atoms with E-state index in [9.17, 15) is 9.59 Å². The molecule has 0 spiro atoms. The average Bonchev–Trinajstić information content (AvgIpc) is 3.08. The number of methoxy groups -OCH3 is 1. The fraction of sp³-hybridized carbons (Fsp3) is 0.370. The molecule has 3 aromatic rings. The number of carbonyl (C=O) groups excluding carboxylic acids is 2. The van der Waals surface area contributed by atoms with Crippen molar-refractivity contribution < 1.29 is 14.3 Å². The number of benzene rings is 2. The highest BCUT2D eigenvalue weighted by molar-refractivity contribution is 6.30. The molecule has 0 atom stereocenters. The van der Waals surface area contributed by atoms with Crippen molar-refractivity contribution in [1.82, 2.24) is 19.6 Å². The maximum atomic E-state index is 13.6. The lowest BCUT2D eigenvalue weighted by Crippen LogP contribution is -2.50. The average molecular weight is 493 g/mol. The molecule has 1 fully saturated rings. The molecule has 35 heavy (non-hydrogen) atoms. The minimum Gasteiger partial charge on any atom is -0.497 e. The molecule has 0 unspecified atom stereocenters. The van der Waals surface area contributed by atoms with E-state index in [0.717, 1.165) is 49.0 Å². The minimum atomic E-state index is -0.0515. The molecule has 182 valence electrons. The Morgan fingerprint density at radius 3 is 2.29 bits per heavy atom. The first kappa shape index (κ1) is 23.4. The lowest BCUT2D eigenvalue weighted by Gasteiger charge is -2.34. The molecule has 2 heterocycles. The lowest BCUT2D eigenvalue weighted by atomic mass is 10.1. The van der Waals surface area contributed by atoms with Crippen molar-refractivity contribution in [3.8, 4) is 11.4 Å². The summed E-state index contributed by atoms with van der Waals surface area (Å²) in [5.41, 5.74) is 4.25. The third-order valence-corrected chi connectivity index (χ3v) is 7.13. The van der Waals surface area contributed by atoms with E-state index in [1.165, 1.54) is 0 Å². The van der Waals surface area contributed by atoms with Gasteiger partial charge in [-0.3, -0.25) is 9.59 Å². The monoisotopic (exact) mass is 492 g/mol. The number of carbonyl (C=O) groups is 2. The zero-order chi connectivity index (χ0) is 24.4. The zero-order valence-electron chi connectivity index (χ0n) is 19.9. The van der Waals surface area contributed by atoms with Crippen molar-refractivity contribution >= 4 is 23.4 Å². The molecule has 8 heteroatoms. The van der Waals surface area contributed by atoms with E-state index in [-0.39, 0.29) is 11.8 Å². The molecule has 0 bridgehead atoms. The molecule has 2 amide bonds. The largest absolute Gasteiger partial charge is 0.497 e. The Kier molecular flexibility index (Phi) is 6.77. The van der Waals surface area contributed by atoms with Crippen LogP contribution in [0.25, 0.3) is 5.69 Å². The van der Waals surface area contributed by atoms with E-state index in [2.05, 4.69) is 0 Å². The Morgan fingerprint density at radius 2 is 1.57 bits per heavy atom. The van der Waals surface area contributed by atoms with Gasteiger partial charge >= 0.3 is 0 Å². The third-order valence-electron chi connectivity index (χ3n) is 6.87. The number of nitrogens with zero attached hydrogens (tertiary/aromatic N) is 4. The van der Waals surface area contributed by atoms with Crippen molar-refractivity contribution in [3.05, 3.63) is 76.1 Å². The summed E-state index contributed by atoms with van der Waals surface area (Å²) < 4.78 is 7.17. The molecule has 0 saturated carbocycles. The Bertz CT molecular complexity index is 1230. The normalized spacial score (nSPS) is 15.9. The number of aromatic nitrogens is 2. The number of hydrogen-bond acceptors (Lipinski definition) is 4. The lowest BCUT2D eigenvalue weighted by molar-refractivity contribution is 0.0531. The van der Waals surface area contributed by atoms with E-state index < -0.39 is 0 Å². The quantitative estimate of drug-likeness (QED) is 0.506. The van der Waals surface area contributed by atoms with Gasteiger partial charge in [-0.05, 0) is 68.1 Å². The number of ether oxygens (including phenoxy) is 1. The summed E-state index contributed by atoms with van der Waals surface area (Å²) in [6.45, 7) is 1.94.